The number of nitrogens with zero attached hydrogens (tertiary/aromatic N) is 10. The first-order valence-electron chi connectivity index (χ1n) is 43.5. The van der Waals surface area contributed by atoms with Crippen LogP contribution in [0.5, 0.6) is 11.5 Å². The Morgan fingerprint density at radius 3 is 1.32 bits per heavy atom. The van der Waals surface area contributed by atoms with E-state index in [0.717, 1.165) is 67.8 Å². The van der Waals surface area contributed by atoms with E-state index in [9.17, 15) is 72.2 Å². The number of ketones is 3. The number of fused-ring (bicyclic) bond motifs is 8. The van der Waals surface area contributed by atoms with Crippen LogP contribution in [0.25, 0.3) is 10.0 Å². The second kappa shape index (κ2) is 47.4. The molecular formula is C92H102Cl2N14O23S2. The Balaban J connectivity index is 0.000000200. The third-order valence-corrected chi connectivity index (χ3v) is 24.9. The number of hydrogen-bond donors (Lipinski definition) is 5. The number of carboxylic acid groups (broad SMARTS) is 1. The molecule has 0 spiro atoms. The van der Waals surface area contributed by atoms with Gasteiger partial charge in [-0.1, -0.05) is 72.9 Å². The summed E-state index contributed by atoms with van der Waals surface area (Å²) in [5.41, 5.74) is 5.89. The number of halogens is 2. The monoisotopic (exact) mass is 1900 g/mol. The van der Waals surface area contributed by atoms with E-state index in [4.69, 9.17) is 71.1 Å². The molecule has 0 bridgehead atoms. The van der Waals surface area contributed by atoms with Crippen molar-refractivity contribution < 1.29 is 110 Å². The highest BCUT2D eigenvalue weighted by molar-refractivity contribution is 7.17. The lowest BCUT2D eigenvalue weighted by atomic mass is 9.99. The Kier molecular flexibility index (Phi) is 35.6. The highest BCUT2D eigenvalue weighted by Crippen LogP contribution is 2.44. The van der Waals surface area contributed by atoms with Crippen LogP contribution >= 0.6 is 45.9 Å². The van der Waals surface area contributed by atoms with E-state index < -0.39 is 89.9 Å². The number of hydrogen-bond acceptors (Lipinski definition) is 30. The van der Waals surface area contributed by atoms with Crippen molar-refractivity contribution in [3.63, 3.8) is 0 Å². The molecule has 2 unspecified atom stereocenters. The molecule has 8 aromatic rings. The van der Waals surface area contributed by atoms with E-state index in [0.29, 0.717) is 184 Å². The van der Waals surface area contributed by atoms with E-state index in [-0.39, 0.29) is 107 Å². The number of thiophene rings is 2. The van der Waals surface area contributed by atoms with Crippen molar-refractivity contribution in [1.29, 1.82) is 0 Å². The molecule has 2 saturated heterocycles. The zero-order valence-corrected chi connectivity index (χ0v) is 77.5. The number of carboxylic acids is 1. The van der Waals surface area contributed by atoms with Gasteiger partial charge in [0.25, 0.3) is 35.4 Å². The van der Waals surface area contributed by atoms with Gasteiger partial charge in [0.1, 0.15) is 80.4 Å². The maximum absolute atomic E-state index is 13.6. The van der Waals surface area contributed by atoms with E-state index in [1.165, 1.54) is 55.5 Å². The molecule has 14 rings (SSSR count). The van der Waals surface area contributed by atoms with Crippen molar-refractivity contribution in [2.75, 3.05) is 106 Å². The molecular weight excluding hydrogens is 1800 g/mol. The minimum atomic E-state index is -1.11. The van der Waals surface area contributed by atoms with Crippen LogP contribution in [0, 0.1) is 27.7 Å². The SMILES string of the molecule is CC(=O)C[C@H]1N=C(c2ccc(Cl)cc2)c2c(sc(C(=O)NCCCOCCOCCOCCCNC(=O)COc3cccc4c3C(=O)N(C3CCC(=O)NC3=O)C4=O)c2C)-n2c(C)nnc21.CC(=O)C[C@H]1N=C(c2ccc(Cl)cc2)c2c(sc(C(=O)O)c2C)-n2c(C)nnc21.CCCCOCCOCCOCCCCC(=O)COc1cccc2c1C(=O)N(C1CCC(=O)NC1=O)C2=O. The maximum atomic E-state index is 13.6. The van der Waals surface area contributed by atoms with Gasteiger partial charge in [-0.15, -0.1) is 43.1 Å². The Bertz CT molecular complexity index is 5790. The first-order chi connectivity index (χ1) is 64.0. The molecule has 37 nitrogen and oxygen atoms in total. The summed E-state index contributed by atoms with van der Waals surface area (Å²) in [6.45, 7) is 18.1. The van der Waals surface area contributed by atoms with Gasteiger partial charge in [-0.2, -0.15) is 0 Å². The molecule has 2 fully saturated rings. The number of unbranched alkanes of at least 4 members (excludes halogenated alkanes) is 2. The molecule has 4 atom stereocenters. The molecule has 704 valence electrons. The van der Waals surface area contributed by atoms with E-state index in [1.54, 1.807) is 44.2 Å². The van der Waals surface area contributed by atoms with Crippen LogP contribution < -0.4 is 30.7 Å². The maximum Gasteiger partial charge on any atom is 0.346 e. The average molecular weight is 1910 g/mol. The van der Waals surface area contributed by atoms with Crippen molar-refractivity contribution in [3.05, 3.63) is 184 Å². The normalized spacial score (nSPS) is 16.4. The van der Waals surface area contributed by atoms with Crippen LogP contribution in [-0.4, -0.2) is 256 Å². The number of aromatic carboxylic acids is 1. The fourth-order valence-electron chi connectivity index (χ4n) is 15.4. The number of nitrogens with one attached hydrogen (secondary N) is 4. The topological polar surface area (TPSA) is 474 Å². The van der Waals surface area contributed by atoms with Crippen molar-refractivity contribution >= 4 is 140 Å². The summed E-state index contributed by atoms with van der Waals surface area (Å²) in [6.07, 6.45) is 5.36. The standard InChI is InChI=1S/C45H49ClN8O11S.C27H36N2O9.C20H17ClN4O3S/c1-25(55)23-31-40-52-51-27(3)53(40)45-36(38(49-31)28-9-11-29(46)12-10-28)26(2)39(66-45)42(59)48-16-6-18-63-20-22-64-21-19-62-17-5-15-47-35(57)24-65-33-8-4-7-30-37(33)44(61)54(43(30)60)32-13-14-34(56)50-41(32)58;1-2-3-12-35-14-16-37-17-15-36-13-5-4-7-19(30)18-38-22-9-6-8-20-24(22)27(34)29(26(20)33)21-10-11-23(31)28-25(21)32;1-9(26)8-14-18-24-23-11(3)25(18)19-15(10(2)17(29-19)20(27)28)16(22-14)12-4-6-13(21)7-5-12/h4,7-12,31-32H,5-6,13-24H2,1-3H3,(H,47,57)(H,48,59)(H,50,56,58);6,8-9,21H,2-5,7,10-18H2,1H3,(H,28,31,32);4-7,14H,8H2,1-3H3,(H,27,28)/t31-,32?;;14-/m1.1/s1. The van der Waals surface area contributed by atoms with E-state index >= 15 is 0 Å². The first kappa shape index (κ1) is 99.8. The molecule has 5 N–H and O–H groups in total. The molecule has 133 heavy (non-hydrogen) atoms. The van der Waals surface area contributed by atoms with Crippen LogP contribution in [0.4, 0.5) is 0 Å². The lowest BCUT2D eigenvalue weighted by molar-refractivity contribution is -0.137. The van der Waals surface area contributed by atoms with Gasteiger partial charge in [0.2, 0.25) is 23.6 Å². The first-order valence-corrected chi connectivity index (χ1v) is 45.9. The molecule has 0 aliphatic carbocycles. The number of amides is 10. The number of Topliss-reactive ketones (excluding diaryl/α,β-unsaturated/α-hetero) is 3. The third-order valence-electron chi connectivity index (χ3n) is 21.9. The highest BCUT2D eigenvalue weighted by atomic mass is 35.5. The number of aromatic nitrogens is 6. The number of piperidine rings is 2. The predicted molar refractivity (Wildman–Crippen MR) is 485 cm³/mol. The summed E-state index contributed by atoms with van der Waals surface area (Å²) < 4.78 is 48.1. The van der Waals surface area contributed by atoms with Gasteiger partial charge in [-0.05, 0) is 146 Å². The van der Waals surface area contributed by atoms with Crippen LogP contribution in [0.15, 0.2) is 94.9 Å². The molecule has 41 heteroatoms. The van der Waals surface area contributed by atoms with Crippen molar-refractivity contribution in [2.24, 2.45) is 9.98 Å². The number of carbonyl (C=O) groups excluding carboxylic acids is 13. The molecule has 0 saturated carbocycles. The smallest absolute Gasteiger partial charge is 0.346 e. The predicted octanol–water partition coefficient (Wildman–Crippen LogP) is 9.85. The van der Waals surface area contributed by atoms with Crippen LogP contribution in [0.2, 0.25) is 10.0 Å². The van der Waals surface area contributed by atoms with E-state index in [2.05, 4.69) is 48.6 Å². The fourth-order valence-corrected chi connectivity index (χ4v) is 18.1. The summed E-state index contributed by atoms with van der Waals surface area (Å²) in [6, 6.07) is 20.2. The van der Waals surface area contributed by atoms with Crippen LogP contribution in [0.1, 0.15) is 234 Å². The van der Waals surface area contributed by atoms with Gasteiger partial charge < -0.3 is 53.6 Å². The Hall–Kier alpha value is -12.2. The van der Waals surface area contributed by atoms with Crippen molar-refractivity contribution in [3.8, 4) is 21.5 Å². The Morgan fingerprint density at radius 1 is 0.481 bits per heavy atom. The zero-order valence-electron chi connectivity index (χ0n) is 74.4. The van der Waals surface area contributed by atoms with Crippen LogP contribution in [0.3, 0.4) is 0 Å². The Labute approximate surface area is 782 Å². The Morgan fingerprint density at radius 2 is 0.887 bits per heavy atom. The number of carbonyl (C=O) groups is 14. The summed E-state index contributed by atoms with van der Waals surface area (Å²) >= 11 is 14.8. The summed E-state index contributed by atoms with van der Waals surface area (Å²) in [5.74, 6) is -4.38. The number of aryl methyl sites for hydroxylation is 2. The molecule has 10 heterocycles. The van der Waals surface area contributed by atoms with Crippen molar-refractivity contribution in [2.45, 2.75) is 156 Å². The molecule has 10 amide bonds. The highest BCUT2D eigenvalue weighted by Gasteiger charge is 2.48. The average Bonchev–Trinajstić information content (AvgIpc) is 1.60. The molecule has 6 aliphatic heterocycles. The molecule has 4 aromatic heterocycles. The second-order valence-corrected chi connectivity index (χ2v) is 34.5. The third kappa shape index (κ3) is 24.8. The van der Waals surface area contributed by atoms with Gasteiger partial charge >= 0.3 is 5.97 Å². The number of ether oxygens (including phenoxy) is 8. The lowest BCUT2D eigenvalue weighted by Crippen LogP contribution is -2.54. The lowest BCUT2D eigenvalue weighted by Gasteiger charge is -2.27. The summed E-state index contributed by atoms with van der Waals surface area (Å²) in [5, 5.41) is 39.5. The minimum absolute atomic E-state index is 0.00281. The number of benzene rings is 4. The molecule has 6 aliphatic rings. The van der Waals surface area contributed by atoms with Gasteiger partial charge in [0, 0.05) is 104 Å². The van der Waals surface area contributed by atoms with Gasteiger partial charge in [-0.3, -0.25) is 102 Å². The van der Waals surface area contributed by atoms with Gasteiger partial charge in [-0.25, -0.2) is 4.79 Å². The second-order valence-electron chi connectivity index (χ2n) is 31.6. The summed E-state index contributed by atoms with van der Waals surface area (Å²) in [4.78, 5) is 186. The zero-order chi connectivity index (χ0) is 95.1. The largest absolute Gasteiger partial charge is 0.485 e. The quantitative estimate of drug-likeness (QED) is 0.0175. The molecule has 0 radical (unpaired) electrons. The van der Waals surface area contributed by atoms with Gasteiger partial charge in [0.15, 0.2) is 24.0 Å². The van der Waals surface area contributed by atoms with E-state index in [1.807, 2.05) is 47.2 Å². The summed E-state index contributed by atoms with van der Waals surface area (Å²) in [7, 11) is 0. The molecule has 4 aromatic carbocycles. The van der Waals surface area contributed by atoms with Gasteiger partial charge in [0.05, 0.1) is 91.4 Å². The fraction of sp³-hybridized carbons (Fsp3) is 0.435. The number of imide groups is 4. The number of rotatable bonds is 44. The van der Waals surface area contributed by atoms with Crippen LogP contribution in [-0.2, 0) is 66.8 Å². The van der Waals surface area contributed by atoms with Crippen molar-refractivity contribution in [1.82, 2.24) is 60.6 Å². The minimum Gasteiger partial charge on any atom is -0.485 e. The number of aliphatic imine (C=N–C) groups is 2.